The molecule has 0 aromatic heterocycles. The molecule has 0 aromatic rings. The summed E-state index contributed by atoms with van der Waals surface area (Å²) in [6, 6.07) is -0.494. The minimum Gasteiger partial charge on any atom is -0.373 e. The Morgan fingerprint density at radius 2 is 2.25 bits per heavy atom. The van der Waals surface area contributed by atoms with E-state index in [-0.39, 0.29) is 23.8 Å². The molecule has 16 heavy (non-hydrogen) atoms. The summed E-state index contributed by atoms with van der Waals surface area (Å²) in [5, 5.41) is 4.81. The van der Waals surface area contributed by atoms with Crippen molar-refractivity contribution in [2.75, 3.05) is 19.0 Å². The molecule has 0 aromatic carbocycles. The maximum Gasteiger partial charge on any atom is 0.321 e. The van der Waals surface area contributed by atoms with Crippen molar-refractivity contribution >= 4 is 23.5 Å². The lowest BCUT2D eigenvalue weighted by molar-refractivity contribution is -0.119. The topological polar surface area (TPSA) is 67.4 Å². The Morgan fingerprint density at radius 1 is 1.50 bits per heavy atom. The van der Waals surface area contributed by atoms with Crippen LogP contribution in [0.1, 0.15) is 26.2 Å². The molecule has 5 nitrogen and oxygen atoms in total. The van der Waals surface area contributed by atoms with Gasteiger partial charge in [0.25, 0.3) is 0 Å². The predicted octanol–water partition coefficient (Wildman–Crippen LogP) is 1.01. The quantitative estimate of drug-likeness (QED) is 0.730. The van der Waals surface area contributed by atoms with Crippen LogP contribution in [-0.4, -0.2) is 36.6 Å². The number of alkyl halides is 1. The van der Waals surface area contributed by atoms with Gasteiger partial charge in [0.15, 0.2) is 0 Å². The second kappa shape index (κ2) is 6.06. The van der Waals surface area contributed by atoms with E-state index in [1.807, 2.05) is 6.92 Å². The van der Waals surface area contributed by atoms with Crippen molar-refractivity contribution < 1.29 is 14.3 Å². The molecule has 1 atom stereocenters. The highest BCUT2D eigenvalue weighted by Gasteiger charge is 2.30. The van der Waals surface area contributed by atoms with Gasteiger partial charge in [0.2, 0.25) is 5.91 Å². The summed E-state index contributed by atoms with van der Waals surface area (Å²) in [4.78, 5) is 22.3. The molecule has 1 unspecified atom stereocenters. The van der Waals surface area contributed by atoms with Crippen LogP contribution in [0.25, 0.3) is 0 Å². The van der Waals surface area contributed by atoms with Crippen LogP contribution in [0.2, 0.25) is 0 Å². The van der Waals surface area contributed by atoms with Gasteiger partial charge in [0.1, 0.15) is 0 Å². The highest BCUT2D eigenvalue weighted by atomic mass is 35.5. The fourth-order valence-corrected chi connectivity index (χ4v) is 1.73. The molecule has 0 radical (unpaired) electrons. The number of hydrogen-bond donors (Lipinski definition) is 2. The van der Waals surface area contributed by atoms with E-state index in [1.54, 1.807) is 0 Å². The Kier molecular flexibility index (Phi) is 5.02. The number of carbonyl (C=O) groups is 2. The molecule has 1 heterocycles. The summed E-state index contributed by atoms with van der Waals surface area (Å²) in [7, 11) is 0. The number of rotatable bonds is 4. The van der Waals surface area contributed by atoms with Crippen LogP contribution >= 0.6 is 11.6 Å². The maximum absolute atomic E-state index is 11.3. The second-order valence-corrected chi connectivity index (χ2v) is 4.45. The van der Waals surface area contributed by atoms with E-state index in [1.165, 1.54) is 0 Å². The van der Waals surface area contributed by atoms with Gasteiger partial charge in [-0.05, 0) is 19.8 Å². The van der Waals surface area contributed by atoms with E-state index in [2.05, 4.69) is 10.6 Å². The summed E-state index contributed by atoms with van der Waals surface area (Å²) < 4.78 is 5.49. The first-order valence-electron chi connectivity index (χ1n) is 5.33. The van der Waals surface area contributed by atoms with Crippen molar-refractivity contribution in [3.8, 4) is 0 Å². The molecule has 3 amide bonds. The number of urea groups is 1. The monoisotopic (exact) mass is 248 g/mol. The molecule has 0 aliphatic carbocycles. The van der Waals surface area contributed by atoms with Crippen LogP contribution in [0.4, 0.5) is 4.79 Å². The van der Waals surface area contributed by atoms with Gasteiger partial charge in [-0.1, -0.05) is 0 Å². The molecule has 92 valence electrons. The number of hydrogen-bond acceptors (Lipinski definition) is 3. The molecular formula is C10H17ClN2O3. The zero-order chi connectivity index (χ0) is 12.0. The zero-order valence-electron chi connectivity index (χ0n) is 9.35. The van der Waals surface area contributed by atoms with Gasteiger partial charge < -0.3 is 10.1 Å². The fraction of sp³-hybridized carbons (Fsp3) is 0.800. The predicted molar refractivity (Wildman–Crippen MR) is 60.5 cm³/mol. The smallest absolute Gasteiger partial charge is 0.321 e. The molecule has 1 saturated heterocycles. The molecule has 6 heteroatoms. The Morgan fingerprint density at radius 3 is 2.81 bits per heavy atom. The average molecular weight is 249 g/mol. The van der Waals surface area contributed by atoms with Gasteiger partial charge in [-0.15, -0.1) is 11.6 Å². The van der Waals surface area contributed by atoms with E-state index in [0.29, 0.717) is 6.54 Å². The molecule has 0 saturated carbocycles. The van der Waals surface area contributed by atoms with Crippen molar-refractivity contribution in [1.29, 1.82) is 0 Å². The third-order valence-electron chi connectivity index (χ3n) is 2.50. The minimum absolute atomic E-state index is 0.142. The van der Waals surface area contributed by atoms with E-state index in [0.717, 1.165) is 19.4 Å². The van der Waals surface area contributed by atoms with Crippen molar-refractivity contribution in [1.82, 2.24) is 10.6 Å². The molecule has 0 spiro atoms. The lowest BCUT2D eigenvalue weighted by Gasteiger charge is -2.23. The van der Waals surface area contributed by atoms with Crippen LogP contribution < -0.4 is 10.6 Å². The van der Waals surface area contributed by atoms with Gasteiger partial charge in [-0.2, -0.15) is 0 Å². The van der Waals surface area contributed by atoms with Crippen LogP contribution in [-0.2, 0) is 9.53 Å². The molecule has 1 fully saturated rings. The normalized spacial score (nSPS) is 24.1. The Hall–Kier alpha value is -0.810. The minimum atomic E-state index is -0.494. The molecule has 1 aliphatic heterocycles. The third kappa shape index (κ3) is 4.37. The summed E-state index contributed by atoms with van der Waals surface area (Å²) in [6.45, 7) is 3.08. The van der Waals surface area contributed by atoms with E-state index >= 15 is 0 Å². The molecule has 2 N–H and O–H groups in total. The first kappa shape index (κ1) is 13.3. The summed E-state index contributed by atoms with van der Waals surface area (Å²) >= 11 is 5.37. The Balaban J connectivity index is 2.22. The lowest BCUT2D eigenvalue weighted by atomic mass is 10.0. The third-order valence-corrected chi connectivity index (χ3v) is 2.69. The van der Waals surface area contributed by atoms with Gasteiger partial charge >= 0.3 is 6.03 Å². The Labute approximate surface area is 99.9 Å². The average Bonchev–Trinajstić information content (AvgIpc) is 2.63. The zero-order valence-corrected chi connectivity index (χ0v) is 10.1. The van der Waals surface area contributed by atoms with Gasteiger partial charge in [0, 0.05) is 25.5 Å². The number of ether oxygens (including phenoxy) is 1. The number of halogens is 1. The SMILES string of the molecule is CC1(CNC(=O)NC(=O)CCCl)CCCO1. The van der Waals surface area contributed by atoms with Gasteiger partial charge in [-0.25, -0.2) is 4.79 Å². The van der Waals surface area contributed by atoms with E-state index in [9.17, 15) is 9.59 Å². The van der Waals surface area contributed by atoms with Crippen molar-refractivity contribution in [3.05, 3.63) is 0 Å². The lowest BCUT2D eigenvalue weighted by Crippen LogP contribution is -2.46. The highest BCUT2D eigenvalue weighted by molar-refractivity contribution is 6.19. The number of amides is 3. The summed E-state index contributed by atoms with van der Waals surface area (Å²) in [6.07, 6.45) is 2.07. The van der Waals surface area contributed by atoms with Crippen LogP contribution in [0.15, 0.2) is 0 Å². The first-order chi connectivity index (χ1) is 7.56. The van der Waals surface area contributed by atoms with Crippen molar-refractivity contribution in [3.63, 3.8) is 0 Å². The van der Waals surface area contributed by atoms with Crippen molar-refractivity contribution in [2.24, 2.45) is 0 Å². The van der Waals surface area contributed by atoms with Crippen LogP contribution in [0.3, 0.4) is 0 Å². The number of nitrogens with one attached hydrogen (secondary N) is 2. The van der Waals surface area contributed by atoms with Crippen LogP contribution in [0, 0.1) is 0 Å². The van der Waals surface area contributed by atoms with Gasteiger partial charge in [0.05, 0.1) is 5.60 Å². The second-order valence-electron chi connectivity index (χ2n) is 4.07. The number of carbonyl (C=O) groups excluding carboxylic acids is 2. The largest absolute Gasteiger partial charge is 0.373 e. The van der Waals surface area contributed by atoms with Gasteiger partial charge in [-0.3, -0.25) is 10.1 Å². The summed E-state index contributed by atoms with van der Waals surface area (Å²) in [5.41, 5.74) is -0.299. The highest BCUT2D eigenvalue weighted by Crippen LogP contribution is 2.23. The molecule has 0 bridgehead atoms. The number of imide groups is 1. The van der Waals surface area contributed by atoms with E-state index < -0.39 is 6.03 Å². The maximum atomic E-state index is 11.3. The standard InChI is InChI=1S/C10H17ClN2O3/c1-10(4-2-6-16-10)7-12-9(15)13-8(14)3-5-11/h2-7H2,1H3,(H2,12,13,14,15). The van der Waals surface area contributed by atoms with E-state index in [4.69, 9.17) is 16.3 Å². The Bertz CT molecular complexity index is 265. The molecule has 1 aliphatic rings. The van der Waals surface area contributed by atoms with Crippen molar-refractivity contribution in [2.45, 2.75) is 31.8 Å². The first-order valence-corrected chi connectivity index (χ1v) is 5.87. The molecule has 1 rings (SSSR count). The summed E-state index contributed by atoms with van der Waals surface area (Å²) in [5.74, 6) is -0.162. The molecular weight excluding hydrogens is 232 g/mol. The fourth-order valence-electron chi connectivity index (χ4n) is 1.56. The van der Waals surface area contributed by atoms with Crippen LogP contribution in [0.5, 0.6) is 0 Å².